The highest BCUT2D eigenvalue weighted by Crippen LogP contribution is 2.21. The van der Waals surface area contributed by atoms with Gasteiger partial charge in [-0.3, -0.25) is 0 Å². The zero-order valence-corrected chi connectivity index (χ0v) is 11.9. The Bertz CT molecular complexity index is 361. The maximum Gasteiger partial charge on any atom is 0.119 e. The van der Waals surface area contributed by atoms with Crippen LogP contribution in [0.15, 0.2) is 24.3 Å². The fourth-order valence-corrected chi connectivity index (χ4v) is 2.20. The van der Waals surface area contributed by atoms with E-state index < -0.39 is 0 Å². The highest BCUT2D eigenvalue weighted by atomic mass is 16.5. The Balaban J connectivity index is 2.41. The van der Waals surface area contributed by atoms with Gasteiger partial charge >= 0.3 is 0 Å². The van der Waals surface area contributed by atoms with Gasteiger partial charge in [-0.15, -0.1) is 0 Å². The lowest BCUT2D eigenvalue weighted by Gasteiger charge is -2.26. The Morgan fingerprint density at radius 2 is 2.11 bits per heavy atom. The molecule has 18 heavy (non-hydrogen) atoms. The summed E-state index contributed by atoms with van der Waals surface area (Å²) in [6.45, 7) is 7.87. The number of hydrogen-bond acceptors (Lipinski definition) is 3. The van der Waals surface area contributed by atoms with Crippen molar-refractivity contribution in [2.24, 2.45) is 5.41 Å². The quantitative estimate of drug-likeness (QED) is 0.782. The van der Waals surface area contributed by atoms with E-state index in [1.165, 1.54) is 5.56 Å². The molecule has 2 N–H and O–H groups in total. The van der Waals surface area contributed by atoms with Crippen LogP contribution in [0.1, 0.15) is 32.8 Å². The summed E-state index contributed by atoms with van der Waals surface area (Å²) >= 11 is 0. The normalized spacial score (nSPS) is 13.4. The number of aliphatic hydroxyl groups is 1. The number of nitrogens with one attached hydrogen (secondary N) is 1. The van der Waals surface area contributed by atoms with Gasteiger partial charge in [-0.25, -0.2) is 0 Å². The first kappa shape index (κ1) is 15.0. The molecule has 1 unspecified atom stereocenters. The highest BCUT2D eigenvalue weighted by Gasteiger charge is 2.19. The van der Waals surface area contributed by atoms with E-state index >= 15 is 0 Å². The molecule has 0 fully saturated rings. The van der Waals surface area contributed by atoms with Gasteiger partial charge in [0.05, 0.1) is 13.2 Å². The van der Waals surface area contributed by atoms with Crippen molar-refractivity contribution >= 4 is 0 Å². The number of hydrogen-bond donors (Lipinski definition) is 2. The van der Waals surface area contributed by atoms with Gasteiger partial charge in [0.15, 0.2) is 0 Å². The zero-order valence-electron chi connectivity index (χ0n) is 11.9. The van der Waals surface area contributed by atoms with Crippen molar-refractivity contribution in [1.82, 2.24) is 5.32 Å². The third kappa shape index (κ3) is 5.52. The van der Waals surface area contributed by atoms with Crippen LogP contribution in [-0.4, -0.2) is 24.9 Å². The molecular formula is C15H25NO2. The van der Waals surface area contributed by atoms with E-state index in [-0.39, 0.29) is 11.5 Å². The van der Waals surface area contributed by atoms with E-state index in [0.717, 1.165) is 25.3 Å². The maximum absolute atomic E-state index is 9.43. The number of rotatable bonds is 7. The summed E-state index contributed by atoms with van der Waals surface area (Å²) in [6, 6.07) is 8.06. The standard InChI is InChI=1S/C15H25NO2/c1-12(17)9-15(2,3)11-16-10-13-6-5-7-14(8-13)18-4/h5-8,12,16-17H,9-11H2,1-4H3. The lowest BCUT2D eigenvalue weighted by Crippen LogP contribution is -2.31. The molecule has 0 saturated heterocycles. The molecular weight excluding hydrogens is 226 g/mol. The molecule has 1 rings (SSSR count). The molecule has 1 aromatic carbocycles. The molecule has 0 radical (unpaired) electrons. The second-order valence-electron chi connectivity index (χ2n) is 5.67. The van der Waals surface area contributed by atoms with Crippen LogP contribution in [0.25, 0.3) is 0 Å². The van der Waals surface area contributed by atoms with Gasteiger partial charge < -0.3 is 15.2 Å². The molecule has 3 heteroatoms. The summed E-state index contributed by atoms with van der Waals surface area (Å²) in [5.41, 5.74) is 1.31. The molecule has 0 heterocycles. The first-order valence-corrected chi connectivity index (χ1v) is 6.45. The van der Waals surface area contributed by atoms with Crippen LogP contribution in [0, 0.1) is 5.41 Å². The first-order valence-electron chi connectivity index (χ1n) is 6.45. The van der Waals surface area contributed by atoms with Gasteiger partial charge in [0.1, 0.15) is 5.75 Å². The topological polar surface area (TPSA) is 41.5 Å². The van der Waals surface area contributed by atoms with E-state index in [2.05, 4.69) is 25.2 Å². The van der Waals surface area contributed by atoms with Crippen molar-refractivity contribution in [2.75, 3.05) is 13.7 Å². The van der Waals surface area contributed by atoms with Crippen LogP contribution in [0.3, 0.4) is 0 Å². The summed E-state index contributed by atoms with van der Waals surface area (Å²) in [4.78, 5) is 0. The van der Waals surface area contributed by atoms with Crippen LogP contribution in [0.5, 0.6) is 5.75 Å². The minimum Gasteiger partial charge on any atom is -0.497 e. The smallest absolute Gasteiger partial charge is 0.119 e. The van der Waals surface area contributed by atoms with Crippen molar-refractivity contribution in [2.45, 2.75) is 39.8 Å². The Labute approximate surface area is 110 Å². The maximum atomic E-state index is 9.43. The molecule has 1 atom stereocenters. The molecule has 0 aliphatic rings. The minimum absolute atomic E-state index is 0.104. The largest absolute Gasteiger partial charge is 0.497 e. The van der Waals surface area contributed by atoms with Crippen molar-refractivity contribution in [3.63, 3.8) is 0 Å². The molecule has 0 spiro atoms. The van der Waals surface area contributed by atoms with Gasteiger partial charge in [0, 0.05) is 13.1 Å². The fourth-order valence-electron chi connectivity index (χ4n) is 2.20. The molecule has 0 bridgehead atoms. The number of aliphatic hydroxyl groups excluding tert-OH is 1. The van der Waals surface area contributed by atoms with Crippen LogP contribution in [0.4, 0.5) is 0 Å². The van der Waals surface area contributed by atoms with Crippen LogP contribution in [0.2, 0.25) is 0 Å². The molecule has 0 amide bonds. The second kappa shape index (κ2) is 6.76. The number of methoxy groups -OCH3 is 1. The molecule has 0 aromatic heterocycles. The van der Waals surface area contributed by atoms with Gasteiger partial charge in [-0.1, -0.05) is 26.0 Å². The van der Waals surface area contributed by atoms with E-state index in [1.54, 1.807) is 7.11 Å². The summed E-state index contributed by atoms with van der Waals surface area (Å²) in [5, 5.41) is 12.9. The molecule has 0 aliphatic carbocycles. The predicted octanol–water partition coefficient (Wildman–Crippen LogP) is 2.58. The van der Waals surface area contributed by atoms with Gasteiger partial charge in [-0.2, -0.15) is 0 Å². The lowest BCUT2D eigenvalue weighted by molar-refractivity contribution is 0.128. The van der Waals surface area contributed by atoms with Gasteiger partial charge in [0.2, 0.25) is 0 Å². The lowest BCUT2D eigenvalue weighted by atomic mass is 9.87. The van der Waals surface area contributed by atoms with Crippen LogP contribution >= 0.6 is 0 Å². The van der Waals surface area contributed by atoms with Crippen LogP contribution in [-0.2, 0) is 6.54 Å². The van der Waals surface area contributed by atoms with E-state index in [9.17, 15) is 5.11 Å². The van der Waals surface area contributed by atoms with Gasteiger partial charge in [0.25, 0.3) is 0 Å². The fraction of sp³-hybridized carbons (Fsp3) is 0.600. The SMILES string of the molecule is COc1cccc(CNCC(C)(C)CC(C)O)c1. The van der Waals surface area contributed by atoms with E-state index in [4.69, 9.17) is 4.74 Å². The van der Waals surface area contributed by atoms with Crippen LogP contribution < -0.4 is 10.1 Å². The monoisotopic (exact) mass is 251 g/mol. The van der Waals surface area contributed by atoms with Gasteiger partial charge in [-0.05, 0) is 36.5 Å². The van der Waals surface area contributed by atoms with Crippen molar-refractivity contribution < 1.29 is 9.84 Å². The minimum atomic E-state index is -0.251. The molecule has 3 nitrogen and oxygen atoms in total. The molecule has 0 saturated carbocycles. The molecule has 1 aromatic rings. The van der Waals surface area contributed by atoms with E-state index in [1.807, 2.05) is 25.1 Å². The second-order valence-corrected chi connectivity index (χ2v) is 5.67. The van der Waals surface area contributed by atoms with Crippen molar-refractivity contribution in [1.29, 1.82) is 0 Å². The molecule has 102 valence electrons. The third-order valence-corrected chi connectivity index (χ3v) is 2.91. The van der Waals surface area contributed by atoms with Crippen molar-refractivity contribution in [3.8, 4) is 5.75 Å². The number of benzene rings is 1. The summed E-state index contributed by atoms with van der Waals surface area (Å²) in [5.74, 6) is 0.887. The number of ether oxygens (including phenoxy) is 1. The predicted molar refractivity (Wildman–Crippen MR) is 74.8 cm³/mol. The Morgan fingerprint density at radius 1 is 1.39 bits per heavy atom. The Morgan fingerprint density at radius 3 is 2.72 bits per heavy atom. The first-order chi connectivity index (χ1) is 8.43. The third-order valence-electron chi connectivity index (χ3n) is 2.91. The van der Waals surface area contributed by atoms with Crippen molar-refractivity contribution in [3.05, 3.63) is 29.8 Å². The zero-order chi connectivity index (χ0) is 13.6. The summed E-state index contributed by atoms with van der Waals surface area (Å²) in [7, 11) is 1.68. The average Bonchev–Trinajstić information content (AvgIpc) is 2.27. The van der Waals surface area contributed by atoms with E-state index in [0.29, 0.717) is 0 Å². The summed E-state index contributed by atoms with van der Waals surface area (Å²) in [6.07, 6.45) is 0.552. The summed E-state index contributed by atoms with van der Waals surface area (Å²) < 4.78 is 5.19. The Kier molecular flexibility index (Phi) is 5.63. The highest BCUT2D eigenvalue weighted by molar-refractivity contribution is 5.28. The molecule has 0 aliphatic heterocycles. The average molecular weight is 251 g/mol. The Hall–Kier alpha value is -1.06.